The Hall–Kier alpha value is -2.70. The molecular weight excluding hydrogens is 274 g/mol. The molecule has 1 saturated carbocycles. The van der Waals surface area contributed by atoms with Crippen molar-refractivity contribution in [1.29, 1.82) is 0 Å². The number of pyridine rings is 1. The molecule has 1 fully saturated rings. The molecule has 21 heavy (non-hydrogen) atoms. The highest BCUT2D eigenvalue weighted by Crippen LogP contribution is 2.18. The summed E-state index contributed by atoms with van der Waals surface area (Å²) in [6.07, 6.45) is 5.73. The first-order chi connectivity index (χ1) is 10.0. The molecule has 7 nitrogen and oxygen atoms in total. The van der Waals surface area contributed by atoms with E-state index in [2.05, 4.69) is 15.6 Å². The van der Waals surface area contributed by atoms with E-state index in [1.54, 1.807) is 6.07 Å². The molecule has 2 rings (SSSR count). The summed E-state index contributed by atoms with van der Waals surface area (Å²) in [4.78, 5) is 37.5. The quantitative estimate of drug-likeness (QED) is 0.648. The first kappa shape index (κ1) is 14.7. The van der Waals surface area contributed by atoms with E-state index in [0.29, 0.717) is 5.56 Å². The Bertz CT molecular complexity index is 576. The summed E-state index contributed by atoms with van der Waals surface area (Å²) in [7, 11) is 0. The van der Waals surface area contributed by atoms with Crippen molar-refractivity contribution in [3.05, 3.63) is 35.7 Å². The minimum atomic E-state index is -1.06. The molecule has 110 valence electrons. The van der Waals surface area contributed by atoms with Crippen molar-refractivity contribution < 1.29 is 19.5 Å². The van der Waals surface area contributed by atoms with Gasteiger partial charge in [-0.15, -0.1) is 0 Å². The number of aliphatic carboxylic acids is 1. The Balaban J connectivity index is 1.84. The fourth-order valence-electron chi connectivity index (χ4n) is 1.56. The lowest BCUT2D eigenvalue weighted by Gasteiger charge is -2.05. The molecule has 1 aromatic heterocycles. The Labute approximate surface area is 121 Å². The molecule has 0 spiro atoms. The summed E-state index contributed by atoms with van der Waals surface area (Å²) in [5.41, 5.74) is 0.738. The van der Waals surface area contributed by atoms with E-state index < -0.39 is 11.9 Å². The smallest absolute Gasteiger partial charge is 0.328 e. The summed E-state index contributed by atoms with van der Waals surface area (Å²) in [6, 6.07) is 3.30. The van der Waals surface area contributed by atoms with Crippen LogP contribution >= 0.6 is 0 Å². The predicted molar refractivity (Wildman–Crippen MR) is 74.4 cm³/mol. The van der Waals surface area contributed by atoms with Crippen molar-refractivity contribution in [3.8, 4) is 0 Å². The standard InChI is InChI=1S/C14H15N3O4/c18-12(17-10-3-4-10)8-16-14(21)11-5-1-9(7-15-11)2-6-13(19)20/h1-2,5-7,10H,3-4,8H2,(H,16,21)(H,17,18)(H,19,20). The van der Waals surface area contributed by atoms with Gasteiger partial charge in [0.15, 0.2) is 0 Å². The van der Waals surface area contributed by atoms with Crippen molar-refractivity contribution in [1.82, 2.24) is 15.6 Å². The van der Waals surface area contributed by atoms with Crippen molar-refractivity contribution in [2.24, 2.45) is 0 Å². The lowest BCUT2D eigenvalue weighted by molar-refractivity contribution is -0.131. The average molecular weight is 289 g/mol. The zero-order valence-corrected chi connectivity index (χ0v) is 11.2. The van der Waals surface area contributed by atoms with Crippen LogP contribution in [0.2, 0.25) is 0 Å². The van der Waals surface area contributed by atoms with Crippen LogP contribution in [0.25, 0.3) is 6.08 Å². The van der Waals surface area contributed by atoms with E-state index >= 15 is 0 Å². The zero-order valence-electron chi connectivity index (χ0n) is 11.2. The molecule has 1 aromatic rings. The highest BCUT2D eigenvalue weighted by Gasteiger charge is 2.23. The van der Waals surface area contributed by atoms with Crippen LogP contribution in [0.4, 0.5) is 0 Å². The van der Waals surface area contributed by atoms with Crippen LogP contribution in [0.5, 0.6) is 0 Å². The highest BCUT2D eigenvalue weighted by molar-refractivity contribution is 5.95. The van der Waals surface area contributed by atoms with Gasteiger partial charge in [-0.3, -0.25) is 14.6 Å². The molecule has 1 aliphatic carbocycles. The summed E-state index contributed by atoms with van der Waals surface area (Å²) >= 11 is 0. The van der Waals surface area contributed by atoms with E-state index in [4.69, 9.17) is 5.11 Å². The van der Waals surface area contributed by atoms with Gasteiger partial charge in [-0.25, -0.2) is 4.79 Å². The van der Waals surface area contributed by atoms with Crippen molar-refractivity contribution in [2.45, 2.75) is 18.9 Å². The number of amides is 2. The Morgan fingerprint density at radius 3 is 2.67 bits per heavy atom. The maximum absolute atomic E-state index is 11.8. The van der Waals surface area contributed by atoms with Gasteiger partial charge >= 0.3 is 5.97 Å². The number of carbonyl (C=O) groups excluding carboxylic acids is 2. The topological polar surface area (TPSA) is 108 Å². The van der Waals surface area contributed by atoms with E-state index in [1.807, 2.05) is 0 Å². The third-order valence-electron chi connectivity index (χ3n) is 2.79. The second-order valence-corrected chi connectivity index (χ2v) is 4.67. The number of carbonyl (C=O) groups is 3. The Morgan fingerprint density at radius 2 is 2.10 bits per heavy atom. The Morgan fingerprint density at radius 1 is 1.33 bits per heavy atom. The van der Waals surface area contributed by atoms with Gasteiger partial charge in [0.1, 0.15) is 5.69 Å². The molecular formula is C14H15N3O4. The minimum Gasteiger partial charge on any atom is -0.478 e. The highest BCUT2D eigenvalue weighted by atomic mass is 16.4. The van der Waals surface area contributed by atoms with E-state index in [9.17, 15) is 14.4 Å². The minimum absolute atomic E-state index is 0.0856. The molecule has 0 unspecified atom stereocenters. The molecule has 1 heterocycles. The van der Waals surface area contributed by atoms with Crippen LogP contribution in [0.1, 0.15) is 28.9 Å². The molecule has 0 saturated heterocycles. The van der Waals surface area contributed by atoms with Gasteiger partial charge in [0.25, 0.3) is 5.91 Å². The van der Waals surface area contributed by atoms with E-state index in [1.165, 1.54) is 18.3 Å². The number of nitrogens with one attached hydrogen (secondary N) is 2. The van der Waals surface area contributed by atoms with Gasteiger partial charge in [-0.2, -0.15) is 0 Å². The van der Waals surface area contributed by atoms with Crippen LogP contribution in [0.15, 0.2) is 24.4 Å². The number of aromatic nitrogens is 1. The van der Waals surface area contributed by atoms with Crippen LogP contribution < -0.4 is 10.6 Å². The fourth-order valence-corrected chi connectivity index (χ4v) is 1.56. The van der Waals surface area contributed by atoms with Crippen LogP contribution in [-0.4, -0.2) is 40.5 Å². The van der Waals surface area contributed by atoms with E-state index in [0.717, 1.165) is 18.9 Å². The summed E-state index contributed by atoms with van der Waals surface area (Å²) in [5, 5.41) is 13.7. The second kappa shape index (κ2) is 6.65. The predicted octanol–water partition coefficient (Wildman–Crippen LogP) is 0.188. The molecule has 0 bridgehead atoms. The normalized spacial score (nSPS) is 13.9. The molecule has 0 atom stereocenters. The summed E-state index contributed by atoms with van der Waals surface area (Å²) in [5.74, 6) is -1.72. The third-order valence-corrected chi connectivity index (χ3v) is 2.79. The summed E-state index contributed by atoms with van der Waals surface area (Å²) in [6.45, 7) is -0.0856. The monoisotopic (exact) mass is 289 g/mol. The lowest BCUT2D eigenvalue weighted by atomic mass is 10.2. The largest absolute Gasteiger partial charge is 0.478 e. The average Bonchev–Trinajstić information content (AvgIpc) is 3.27. The number of carboxylic acids is 1. The number of hydrogen-bond acceptors (Lipinski definition) is 4. The molecule has 3 N–H and O–H groups in total. The zero-order chi connectivity index (χ0) is 15.2. The second-order valence-electron chi connectivity index (χ2n) is 4.67. The lowest BCUT2D eigenvalue weighted by Crippen LogP contribution is -2.38. The van der Waals surface area contributed by atoms with E-state index in [-0.39, 0.29) is 24.2 Å². The van der Waals surface area contributed by atoms with Gasteiger partial charge in [0.2, 0.25) is 5.91 Å². The van der Waals surface area contributed by atoms with Crippen LogP contribution in [0.3, 0.4) is 0 Å². The van der Waals surface area contributed by atoms with Gasteiger partial charge in [-0.05, 0) is 30.5 Å². The maximum Gasteiger partial charge on any atom is 0.328 e. The third kappa shape index (κ3) is 5.06. The first-order valence-corrected chi connectivity index (χ1v) is 6.49. The molecule has 0 radical (unpaired) electrons. The first-order valence-electron chi connectivity index (χ1n) is 6.49. The number of rotatable bonds is 6. The number of carboxylic acid groups (broad SMARTS) is 1. The number of hydrogen-bond donors (Lipinski definition) is 3. The Kier molecular flexibility index (Phi) is 4.65. The van der Waals surface area contributed by atoms with Crippen molar-refractivity contribution >= 4 is 23.9 Å². The number of nitrogens with zero attached hydrogens (tertiary/aromatic N) is 1. The fraction of sp³-hybridized carbons (Fsp3) is 0.286. The van der Waals surface area contributed by atoms with Gasteiger partial charge in [-0.1, -0.05) is 6.07 Å². The summed E-state index contributed by atoms with van der Waals surface area (Å²) < 4.78 is 0. The van der Waals surface area contributed by atoms with Gasteiger partial charge in [0, 0.05) is 18.3 Å². The van der Waals surface area contributed by atoms with Crippen LogP contribution in [-0.2, 0) is 9.59 Å². The molecule has 0 aliphatic heterocycles. The van der Waals surface area contributed by atoms with Gasteiger partial charge in [0.05, 0.1) is 6.54 Å². The van der Waals surface area contributed by atoms with Crippen LogP contribution in [0, 0.1) is 0 Å². The molecule has 2 amide bonds. The molecule has 0 aromatic carbocycles. The maximum atomic E-state index is 11.8. The molecule has 1 aliphatic rings. The van der Waals surface area contributed by atoms with Crippen molar-refractivity contribution in [3.63, 3.8) is 0 Å². The SMILES string of the molecule is O=C(O)C=Cc1ccc(C(=O)NCC(=O)NC2CC2)nc1. The van der Waals surface area contributed by atoms with Gasteiger partial charge < -0.3 is 15.7 Å². The molecule has 7 heteroatoms. The van der Waals surface area contributed by atoms with Crippen molar-refractivity contribution in [2.75, 3.05) is 6.54 Å².